The molecule has 0 radical (unpaired) electrons. The number of imide groups is 1. The molecule has 0 N–H and O–H groups in total. The van der Waals surface area contributed by atoms with Gasteiger partial charge in [-0.1, -0.05) is 0 Å². The minimum Gasteiger partial charge on any atom is -0.464 e. The predicted molar refractivity (Wildman–Crippen MR) is 93.1 cm³/mol. The van der Waals surface area contributed by atoms with Crippen LogP contribution in [0.3, 0.4) is 0 Å². The molecular formula is C16H14N2O8S. The molecule has 1 aromatic rings. The van der Waals surface area contributed by atoms with E-state index in [2.05, 4.69) is 0 Å². The van der Waals surface area contributed by atoms with E-state index < -0.39 is 28.1 Å². The Morgan fingerprint density at radius 1 is 1.41 bits per heavy atom. The fraction of sp³-hybridized carbons (Fsp3) is 0.312. The number of nitrogens with zero attached hydrogens (tertiary/aromatic N) is 2. The Kier molecular flexibility index (Phi) is 5.04. The first kappa shape index (κ1) is 18.7. The fourth-order valence-electron chi connectivity index (χ4n) is 2.54. The number of nitro groups is 1. The van der Waals surface area contributed by atoms with E-state index in [4.69, 9.17) is 14.2 Å². The van der Waals surface area contributed by atoms with Gasteiger partial charge >= 0.3 is 5.97 Å². The van der Waals surface area contributed by atoms with E-state index in [1.807, 2.05) is 0 Å². The Labute approximate surface area is 157 Å². The fourth-order valence-corrected chi connectivity index (χ4v) is 3.44. The van der Waals surface area contributed by atoms with Gasteiger partial charge in [-0.2, -0.15) is 0 Å². The topological polar surface area (TPSA) is 125 Å². The molecule has 27 heavy (non-hydrogen) atoms. The number of carbonyl (C=O) groups is 3. The van der Waals surface area contributed by atoms with Crippen LogP contribution in [0.5, 0.6) is 11.5 Å². The summed E-state index contributed by atoms with van der Waals surface area (Å²) in [7, 11) is 0. The number of benzene rings is 1. The molecule has 0 aromatic heterocycles. The third-order valence-corrected chi connectivity index (χ3v) is 4.73. The summed E-state index contributed by atoms with van der Waals surface area (Å²) in [5.41, 5.74) is -0.219. The lowest BCUT2D eigenvalue weighted by Crippen LogP contribution is -2.42. The highest BCUT2D eigenvalue weighted by atomic mass is 32.2. The second-order valence-electron chi connectivity index (χ2n) is 5.50. The molecule has 2 aliphatic heterocycles. The summed E-state index contributed by atoms with van der Waals surface area (Å²) in [6.45, 7) is 3.03. The van der Waals surface area contributed by atoms with Gasteiger partial charge in [0.2, 0.25) is 6.79 Å². The van der Waals surface area contributed by atoms with Crippen molar-refractivity contribution in [1.29, 1.82) is 0 Å². The number of carbonyl (C=O) groups excluding carboxylic acids is 3. The molecule has 0 aliphatic carbocycles. The first-order valence-electron chi connectivity index (χ1n) is 7.85. The molecule has 0 saturated carbocycles. The summed E-state index contributed by atoms with van der Waals surface area (Å²) in [6, 6.07) is 1.46. The molecule has 142 valence electrons. The van der Waals surface area contributed by atoms with Gasteiger partial charge in [0.1, 0.15) is 6.04 Å². The van der Waals surface area contributed by atoms with Crippen molar-refractivity contribution in [3.8, 4) is 11.5 Å². The van der Waals surface area contributed by atoms with Crippen LogP contribution in [-0.2, 0) is 14.3 Å². The normalized spacial score (nSPS) is 18.1. The van der Waals surface area contributed by atoms with Gasteiger partial charge in [-0.05, 0) is 37.8 Å². The van der Waals surface area contributed by atoms with Crippen LogP contribution in [0.15, 0.2) is 17.0 Å². The highest BCUT2D eigenvalue weighted by Crippen LogP contribution is 2.41. The third kappa shape index (κ3) is 3.45. The van der Waals surface area contributed by atoms with Gasteiger partial charge in [0.05, 0.1) is 28.1 Å². The number of hydrogen-bond acceptors (Lipinski definition) is 9. The van der Waals surface area contributed by atoms with Crippen molar-refractivity contribution in [3.05, 3.63) is 32.7 Å². The van der Waals surface area contributed by atoms with Crippen LogP contribution in [0.4, 0.5) is 10.5 Å². The van der Waals surface area contributed by atoms with Crippen LogP contribution in [0, 0.1) is 10.1 Å². The maximum Gasteiger partial charge on any atom is 0.329 e. The van der Waals surface area contributed by atoms with Gasteiger partial charge < -0.3 is 14.2 Å². The number of fused-ring (bicyclic) bond motifs is 1. The minimum atomic E-state index is -1.10. The number of hydrogen-bond donors (Lipinski definition) is 0. The quantitative estimate of drug-likeness (QED) is 0.320. The van der Waals surface area contributed by atoms with E-state index >= 15 is 0 Å². The van der Waals surface area contributed by atoms with Crippen molar-refractivity contribution in [3.63, 3.8) is 0 Å². The SMILES string of the molecule is CCOC(=O)[C@@H](C)N1C(=O)S/C(=C\c2cc3c(cc2[N+](=O)[O-])OCO3)C1=O. The summed E-state index contributed by atoms with van der Waals surface area (Å²) in [6.07, 6.45) is 1.23. The molecule has 2 amide bonds. The smallest absolute Gasteiger partial charge is 0.329 e. The molecular weight excluding hydrogens is 380 g/mol. The van der Waals surface area contributed by atoms with Crippen LogP contribution in [0.2, 0.25) is 0 Å². The first-order valence-corrected chi connectivity index (χ1v) is 8.66. The molecule has 0 bridgehead atoms. The van der Waals surface area contributed by atoms with E-state index in [1.54, 1.807) is 6.92 Å². The van der Waals surface area contributed by atoms with Crippen LogP contribution < -0.4 is 9.47 Å². The number of rotatable bonds is 5. The monoisotopic (exact) mass is 394 g/mol. The lowest BCUT2D eigenvalue weighted by molar-refractivity contribution is -0.385. The molecule has 10 nitrogen and oxygen atoms in total. The van der Waals surface area contributed by atoms with Crippen molar-refractivity contribution in [1.82, 2.24) is 4.90 Å². The average molecular weight is 394 g/mol. The molecule has 11 heteroatoms. The van der Waals surface area contributed by atoms with Gasteiger partial charge in [0, 0.05) is 0 Å². The molecule has 2 heterocycles. The molecule has 1 saturated heterocycles. The maximum absolute atomic E-state index is 12.6. The minimum absolute atomic E-state index is 0.0434. The molecule has 0 spiro atoms. The van der Waals surface area contributed by atoms with Crippen molar-refractivity contribution in [2.45, 2.75) is 19.9 Å². The zero-order valence-corrected chi connectivity index (χ0v) is 15.1. The highest BCUT2D eigenvalue weighted by molar-refractivity contribution is 8.18. The van der Waals surface area contributed by atoms with Crippen LogP contribution >= 0.6 is 11.8 Å². The van der Waals surface area contributed by atoms with Crippen molar-refractivity contribution in [2.24, 2.45) is 0 Å². The number of nitro benzene ring substituents is 1. The summed E-state index contributed by atoms with van der Waals surface area (Å²) >= 11 is 0.590. The van der Waals surface area contributed by atoms with Crippen LogP contribution in [0.1, 0.15) is 19.4 Å². The zero-order valence-electron chi connectivity index (χ0n) is 14.3. The van der Waals surface area contributed by atoms with Crippen LogP contribution in [-0.4, -0.2) is 46.4 Å². The lowest BCUT2D eigenvalue weighted by atomic mass is 10.1. The highest BCUT2D eigenvalue weighted by Gasteiger charge is 2.41. The standard InChI is InChI=1S/C16H14N2O8S/c1-3-24-15(20)8(2)17-14(19)13(27-16(17)21)5-9-4-11-12(26-7-25-11)6-10(9)18(22)23/h4-6,8H,3,7H2,1-2H3/b13-5-/t8-/m1/s1. The summed E-state index contributed by atoms with van der Waals surface area (Å²) in [4.78, 5) is 48.0. The molecule has 1 atom stereocenters. The van der Waals surface area contributed by atoms with Crippen LogP contribution in [0.25, 0.3) is 6.08 Å². The van der Waals surface area contributed by atoms with Gasteiger partial charge in [0.15, 0.2) is 11.5 Å². The Morgan fingerprint density at radius 3 is 2.70 bits per heavy atom. The number of thioether (sulfide) groups is 1. The molecule has 1 fully saturated rings. The van der Waals surface area contributed by atoms with E-state index in [1.165, 1.54) is 25.1 Å². The Balaban J connectivity index is 1.95. The average Bonchev–Trinajstić information content (AvgIpc) is 3.17. The molecule has 1 aromatic carbocycles. The molecule has 2 aliphatic rings. The first-order chi connectivity index (χ1) is 12.8. The van der Waals surface area contributed by atoms with Crippen molar-refractivity contribution in [2.75, 3.05) is 13.4 Å². The van der Waals surface area contributed by atoms with Gasteiger partial charge in [-0.15, -0.1) is 0 Å². The Hall–Kier alpha value is -3.08. The Bertz CT molecular complexity index is 881. The summed E-state index contributed by atoms with van der Waals surface area (Å²) in [5, 5.41) is 10.7. The summed E-state index contributed by atoms with van der Waals surface area (Å²) < 4.78 is 15.2. The number of esters is 1. The third-order valence-electron chi connectivity index (χ3n) is 3.84. The van der Waals surface area contributed by atoms with Crippen molar-refractivity contribution >= 4 is 40.6 Å². The second kappa shape index (κ2) is 7.27. The summed E-state index contributed by atoms with van der Waals surface area (Å²) in [5.74, 6) is -0.915. The van der Waals surface area contributed by atoms with Crippen molar-refractivity contribution < 1.29 is 33.5 Å². The van der Waals surface area contributed by atoms with Gasteiger partial charge in [-0.25, -0.2) is 4.79 Å². The predicted octanol–water partition coefficient (Wildman–Crippen LogP) is 2.31. The van der Waals surface area contributed by atoms with Gasteiger partial charge in [0.25, 0.3) is 16.8 Å². The maximum atomic E-state index is 12.6. The van der Waals surface area contributed by atoms with E-state index in [9.17, 15) is 24.5 Å². The molecule has 0 unspecified atom stereocenters. The lowest BCUT2D eigenvalue weighted by Gasteiger charge is -2.19. The Morgan fingerprint density at radius 2 is 2.07 bits per heavy atom. The van der Waals surface area contributed by atoms with Gasteiger partial charge in [-0.3, -0.25) is 24.6 Å². The van der Waals surface area contributed by atoms with E-state index in [0.29, 0.717) is 17.5 Å². The zero-order chi connectivity index (χ0) is 19.7. The number of ether oxygens (including phenoxy) is 3. The van der Waals surface area contributed by atoms with E-state index in [0.717, 1.165) is 4.90 Å². The van der Waals surface area contributed by atoms with E-state index in [-0.39, 0.29) is 35.3 Å². The second-order valence-corrected chi connectivity index (χ2v) is 6.49. The molecule has 3 rings (SSSR count). The largest absolute Gasteiger partial charge is 0.464 e. The number of amides is 2.